The van der Waals surface area contributed by atoms with Crippen LogP contribution in [-0.2, 0) is 6.54 Å². The molecule has 3 aromatic rings. The maximum absolute atomic E-state index is 13.2. The number of rotatable bonds is 4. The van der Waals surface area contributed by atoms with Gasteiger partial charge in [0.25, 0.3) is 5.91 Å². The number of fused-ring (bicyclic) bond motifs is 2. The molecule has 0 aromatic heterocycles. The van der Waals surface area contributed by atoms with E-state index in [1.165, 1.54) is 0 Å². The molecule has 0 fully saturated rings. The molecule has 1 atom stereocenters. The van der Waals surface area contributed by atoms with Crippen LogP contribution < -0.4 is 14.8 Å². The lowest BCUT2D eigenvalue weighted by atomic mass is 10.1. The van der Waals surface area contributed by atoms with Crippen molar-refractivity contribution in [3.8, 4) is 11.5 Å². The van der Waals surface area contributed by atoms with Crippen molar-refractivity contribution in [1.29, 1.82) is 0 Å². The summed E-state index contributed by atoms with van der Waals surface area (Å²) in [5.74, 6) is 1.44. The molecule has 1 amide bonds. The highest BCUT2D eigenvalue weighted by atomic mass is 35.5. The molecule has 1 N–H and O–H groups in total. The summed E-state index contributed by atoms with van der Waals surface area (Å²) >= 11 is 6.30. The van der Waals surface area contributed by atoms with E-state index in [1.54, 1.807) is 0 Å². The van der Waals surface area contributed by atoms with Gasteiger partial charge in [0.15, 0.2) is 11.5 Å². The Morgan fingerprint density at radius 3 is 2.79 bits per heavy atom. The van der Waals surface area contributed by atoms with Crippen LogP contribution in [0.25, 0.3) is 0 Å². The monoisotopic (exact) mass is 406 g/mol. The fourth-order valence-electron chi connectivity index (χ4n) is 3.84. The second-order valence-electron chi connectivity index (χ2n) is 7.17. The first-order valence-corrected chi connectivity index (χ1v) is 9.80. The van der Waals surface area contributed by atoms with Gasteiger partial charge in [-0.25, -0.2) is 0 Å². The number of amides is 1. The lowest BCUT2D eigenvalue weighted by Crippen LogP contribution is -2.32. The third-order valence-corrected chi connectivity index (χ3v) is 5.82. The molecular formula is C23H19ClN2O3. The number of hydrogen-bond acceptors (Lipinski definition) is 4. The van der Waals surface area contributed by atoms with Crippen molar-refractivity contribution in [1.82, 2.24) is 4.90 Å². The van der Waals surface area contributed by atoms with E-state index in [2.05, 4.69) is 5.32 Å². The van der Waals surface area contributed by atoms with Gasteiger partial charge in [-0.3, -0.25) is 4.79 Å². The predicted octanol–water partition coefficient (Wildman–Crippen LogP) is 5.14. The topological polar surface area (TPSA) is 50.8 Å². The van der Waals surface area contributed by atoms with E-state index in [1.807, 2.05) is 72.5 Å². The first-order chi connectivity index (χ1) is 14.1. The van der Waals surface area contributed by atoms with Gasteiger partial charge in [-0.1, -0.05) is 41.9 Å². The molecule has 0 radical (unpaired) electrons. The number of halogens is 1. The molecule has 29 heavy (non-hydrogen) atoms. The molecule has 0 saturated carbocycles. The number of ether oxygens (including phenoxy) is 2. The van der Waals surface area contributed by atoms with Gasteiger partial charge in [0.05, 0.1) is 0 Å². The summed E-state index contributed by atoms with van der Waals surface area (Å²) in [6.45, 7) is 2.64. The van der Waals surface area contributed by atoms with E-state index in [0.717, 1.165) is 28.1 Å². The van der Waals surface area contributed by atoms with Gasteiger partial charge < -0.3 is 19.7 Å². The van der Waals surface area contributed by atoms with Gasteiger partial charge >= 0.3 is 0 Å². The first-order valence-electron chi connectivity index (χ1n) is 9.42. The minimum atomic E-state index is -0.290. The zero-order chi connectivity index (χ0) is 20.0. The average Bonchev–Trinajstić information content (AvgIpc) is 3.30. The van der Waals surface area contributed by atoms with Crippen molar-refractivity contribution >= 4 is 23.2 Å². The molecule has 0 aliphatic carbocycles. The molecule has 0 spiro atoms. The summed E-state index contributed by atoms with van der Waals surface area (Å²) in [5, 5.41) is 4.21. The Morgan fingerprint density at radius 1 is 1.07 bits per heavy atom. The second-order valence-corrected chi connectivity index (χ2v) is 7.57. The van der Waals surface area contributed by atoms with E-state index >= 15 is 0 Å². The van der Waals surface area contributed by atoms with Gasteiger partial charge in [-0.15, -0.1) is 0 Å². The molecule has 5 nitrogen and oxygen atoms in total. The number of hydrogen-bond donors (Lipinski definition) is 1. The summed E-state index contributed by atoms with van der Waals surface area (Å²) in [6.07, 6.45) is -0.290. The lowest BCUT2D eigenvalue weighted by molar-refractivity contribution is 0.0728. The molecule has 2 heterocycles. The molecular weight excluding hydrogens is 388 g/mol. The first kappa shape index (κ1) is 17.9. The quantitative estimate of drug-likeness (QED) is 0.651. The van der Waals surface area contributed by atoms with Gasteiger partial charge in [-0.05, 0) is 48.4 Å². The third kappa shape index (κ3) is 3.08. The lowest BCUT2D eigenvalue weighted by Gasteiger charge is -2.28. The predicted molar refractivity (Wildman–Crippen MR) is 111 cm³/mol. The summed E-state index contributed by atoms with van der Waals surface area (Å²) in [6, 6.07) is 19.2. The Balaban J connectivity index is 1.50. The summed E-state index contributed by atoms with van der Waals surface area (Å²) in [4.78, 5) is 15.0. The molecule has 3 aromatic carbocycles. The Morgan fingerprint density at radius 2 is 1.90 bits per heavy atom. The number of anilines is 1. The van der Waals surface area contributed by atoms with Crippen LogP contribution in [0.2, 0.25) is 5.02 Å². The maximum Gasteiger partial charge on any atom is 0.256 e. The van der Waals surface area contributed by atoms with Gasteiger partial charge in [0.2, 0.25) is 6.79 Å². The van der Waals surface area contributed by atoms with E-state index in [4.69, 9.17) is 21.1 Å². The fraction of sp³-hybridized carbons (Fsp3) is 0.174. The molecule has 0 saturated heterocycles. The largest absolute Gasteiger partial charge is 0.454 e. The van der Waals surface area contributed by atoms with Crippen LogP contribution in [0, 0.1) is 6.92 Å². The van der Waals surface area contributed by atoms with E-state index in [0.29, 0.717) is 22.9 Å². The van der Waals surface area contributed by atoms with E-state index < -0.39 is 0 Å². The molecule has 2 aliphatic heterocycles. The Bertz CT molecular complexity index is 1120. The Kier molecular flexibility index (Phi) is 4.32. The minimum Gasteiger partial charge on any atom is -0.454 e. The van der Waals surface area contributed by atoms with Gasteiger partial charge in [0, 0.05) is 28.4 Å². The van der Waals surface area contributed by atoms with Crippen molar-refractivity contribution in [2.24, 2.45) is 0 Å². The zero-order valence-electron chi connectivity index (χ0n) is 15.8. The average molecular weight is 407 g/mol. The number of nitrogens with one attached hydrogen (secondary N) is 1. The van der Waals surface area contributed by atoms with Gasteiger partial charge in [0.1, 0.15) is 6.17 Å². The summed E-state index contributed by atoms with van der Waals surface area (Å²) in [7, 11) is 0. The van der Waals surface area contributed by atoms with E-state index in [9.17, 15) is 4.79 Å². The maximum atomic E-state index is 13.2. The van der Waals surface area contributed by atoms with Crippen LogP contribution in [0.5, 0.6) is 11.5 Å². The van der Waals surface area contributed by atoms with Crippen LogP contribution in [0.15, 0.2) is 60.7 Å². The number of carbonyl (C=O) groups is 1. The van der Waals surface area contributed by atoms with Crippen molar-refractivity contribution in [2.45, 2.75) is 19.6 Å². The highest BCUT2D eigenvalue weighted by molar-refractivity contribution is 6.31. The number of carbonyl (C=O) groups excluding carboxylic acids is 1. The normalized spacial score (nSPS) is 16.8. The van der Waals surface area contributed by atoms with Gasteiger partial charge in [-0.2, -0.15) is 0 Å². The van der Waals surface area contributed by atoms with Crippen LogP contribution in [-0.4, -0.2) is 17.6 Å². The fourth-order valence-corrected chi connectivity index (χ4v) is 4.01. The summed E-state index contributed by atoms with van der Waals surface area (Å²) < 4.78 is 10.9. The highest BCUT2D eigenvalue weighted by Crippen LogP contribution is 2.38. The van der Waals surface area contributed by atoms with Crippen LogP contribution in [0.3, 0.4) is 0 Å². The highest BCUT2D eigenvalue weighted by Gasteiger charge is 2.36. The van der Waals surface area contributed by atoms with Crippen LogP contribution >= 0.6 is 11.6 Å². The Labute approximate surface area is 173 Å². The molecule has 1 unspecified atom stereocenters. The second kappa shape index (κ2) is 7.01. The van der Waals surface area contributed by atoms with Crippen LogP contribution in [0.4, 0.5) is 5.69 Å². The Hall–Kier alpha value is -3.18. The smallest absolute Gasteiger partial charge is 0.256 e. The van der Waals surface area contributed by atoms with Crippen molar-refractivity contribution in [2.75, 3.05) is 12.1 Å². The van der Waals surface area contributed by atoms with Crippen molar-refractivity contribution in [3.05, 3.63) is 87.9 Å². The zero-order valence-corrected chi connectivity index (χ0v) is 16.6. The third-order valence-electron chi connectivity index (χ3n) is 5.41. The van der Waals surface area contributed by atoms with Crippen molar-refractivity contribution < 1.29 is 14.3 Å². The van der Waals surface area contributed by atoms with Crippen molar-refractivity contribution in [3.63, 3.8) is 0 Å². The summed E-state index contributed by atoms with van der Waals surface area (Å²) in [5.41, 5.74) is 4.50. The standard InChI is InChI=1S/C23H19ClN2O3/c1-14-18(24)7-4-8-19(14)25-22-16-5-2-3-6-17(16)23(27)26(22)12-15-9-10-20-21(11-15)29-13-28-20/h2-11,22,25H,12-13H2,1H3. The minimum absolute atomic E-state index is 0.00421. The SMILES string of the molecule is Cc1c(Cl)cccc1NC1c2ccccc2C(=O)N1Cc1ccc2c(c1)OCO2. The molecule has 2 aliphatic rings. The number of benzene rings is 3. The van der Waals surface area contributed by atoms with Crippen LogP contribution in [0.1, 0.15) is 33.2 Å². The number of nitrogens with zero attached hydrogens (tertiary/aromatic N) is 1. The molecule has 0 bridgehead atoms. The molecule has 5 rings (SSSR count). The molecule has 146 valence electrons. The molecule has 6 heteroatoms. The van der Waals surface area contributed by atoms with E-state index in [-0.39, 0.29) is 18.9 Å².